The standard InChI is InChI=1S/C19H23F2N3O2S.HI/c1-13-8-9-15(12-17(13)21)14(2)24-19(22-3)23-10-11-27(25,26)18-7-5-4-6-16(18)20;/h4-9,12,14H,10-11H2,1-3H3,(H2,22,23,24);1H. The fourth-order valence-corrected chi connectivity index (χ4v) is 3.71. The highest BCUT2D eigenvalue weighted by Gasteiger charge is 2.18. The van der Waals surface area contributed by atoms with Gasteiger partial charge in [0.25, 0.3) is 0 Å². The zero-order chi connectivity index (χ0) is 20.0. The summed E-state index contributed by atoms with van der Waals surface area (Å²) in [5.74, 6) is -0.982. The van der Waals surface area contributed by atoms with Crippen molar-refractivity contribution >= 4 is 39.8 Å². The predicted molar refractivity (Wildman–Crippen MR) is 118 cm³/mol. The second-order valence-corrected chi connectivity index (χ2v) is 8.20. The number of hydrogen-bond acceptors (Lipinski definition) is 3. The van der Waals surface area contributed by atoms with Gasteiger partial charge < -0.3 is 10.6 Å². The molecule has 0 aromatic heterocycles. The van der Waals surface area contributed by atoms with Gasteiger partial charge >= 0.3 is 0 Å². The molecule has 0 spiro atoms. The molecule has 0 bridgehead atoms. The van der Waals surface area contributed by atoms with Gasteiger partial charge in [0.05, 0.1) is 11.8 Å². The van der Waals surface area contributed by atoms with E-state index in [9.17, 15) is 17.2 Å². The molecule has 1 atom stereocenters. The number of benzene rings is 2. The molecule has 0 fully saturated rings. The SMILES string of the molecule is CN=C(NCCS(=O)(=O)c1ccccc1F)NC(C)c1ccc(C)c(F)c1.I. The number of sulfone groups is 1. The summed E-state index contributed by atoms with van der Waals surface area (Å²) in [6.07, 6.45) is 0. The van der Waals surface area contributed by atoms with Gasteiger partial charge in [-0.05, 0) is 43.2 Å². The van der Waals surface area contributed by atoms with Gasteiger partial charge in [-0.25, -0.2) is 17.2 Å². The Bertz CT molecular complexity index is 937. The van der Waals surface area contributed by atoms with Crippen LogP contribution in [-0.4, -0.2) is 33.7 Å². The number of rotatable bonds is 6. The Balaban J connectivity index is 0.00000392. The maximum absolute atomic E-state index is 13.7. The van der Waals surface area contributed by atoms with E-state index in [1.54, 1.807) is 20.0 Å². The van der Waals surface area contributed by atoms with E-state index >= 15 is 0 Å². The lowest BCUT2D eigenvalue weighted by atomic mass is 10.1. The molecule has 28 heavy (non-hydrogen) atoms. The molecule has 0 heterocycles. The van der Waals surface area contributed by atoms with Crippen molar-refractivity contribution in [3.8, 4) is 0 Å². The highest BCUT2D eigenvalue weighted by atomic mass is 127. The van der Waals surface area contributed by atoms with Crippen LogP contribution in [0.15, 0.2) is 52.4 Å². The number of aliphatic imine (C=N–C) groups is 1. The van der Waals surface area contributed by atoms with Crippen LogP contribution in [0.5, 0.6) is 0 Å². The number of halogens is 3. The summed E-state index contributed by atoms with van der Waals surface area (Å²) >= 11 is 0. The normalized spacial score (nSPS) is 12.8. The zero-order valence-electron chi connectivity index (χ0n) is 15.9. The summed E-state index contributed by atoms with van der Waals surface area (Å²) in [6, 6.07) is 9.98. The van der Waals surface area contributed by atoms with Crippen molar-refractivity contribution in [1.82, 2.24) is 10.6 Å². The minimum atomic E-state index is -3.76. The van der Waals surface area contributed by atoms with Crippen LogP contribution in [0.1, 0.15) is 24.1 Å². The average molecular weight is 523 g/mol. The molecule has 0 aliphatic carbocycles. The topological polar surface area (TPSA) is 70.6 Å². The van der Waals surface area contributed by atoms with Crippen molar-refractivity contribution in [1.29, 1.82) is 0 Å². The summed E-state index contributed by atoms with van der Waals surface area (Å²) in [5, 5.41) is 5.96. The smallest absolute Gasteiger partial charge is 0.191 e. The lowest BCUT2D eigenvalue weighted by Gasteiger charge is -2.18. The van der Waals surface area contributed by atoms with E-state index in [2.05, 4.69) is 15.6 Å². The molecule has 0 aliphatic rings. The molecule has 2 aromatic carbocycles. The summed E-state index contributed by atoms with van der Waals surface area (Å²) in [7, 11) is -2.21. The second kappa shape index (κ2) is 10.7. The molecule has 0 aliphatic heterocycles. The summed E-state index contributed by atoms with van der Waals surface area (Å²) < 4.78 is 51.9. The third kappa shape index (κ3) is 6.40. The van der Waals surface area contributed by atoms with Crippen LogP contribution < -0.4 is 10.6 Å². The molecular weight excluding hydrogens is 499 g/mol. The maximum atomic E-state index is 13.7. The van der Waals surface area contributed by atoms with Crippen LogP contribution >= 0.6 is 24.0 Å². The van der Waals surface area contributed by atoms with Crippen LogP contribution in [0.25, 0.3) is 0 Å². The molecule has 2 N–H and O–H groups in total. The van der Waals surface area contributed by atoms with Gasteiger partial charge in [0.1, 0.15) is 16.5 Å². The summed E-state index contributed by atoms with van der Waals surface area (Å²) in [5.41, 5.74) is 1.30. The van der Waals surface area contributed by atoms with Crippen LogP contribution in [0.4, 0.5) is 8.78 Å². The number of guanidine groups is 1. The number of nitrogens with zero attached hydrogens (tertiary/aromatic N) is 1. The molecule has 1 unspecified atom stereocenters. The number of nitrogens with one attached hydrogen (secondary N) is 2. The van der Waals surface area contributed by atoms with Gasteiger partial charge in [0, 0.05) is 13.6 Å². The largest absolute Gasteiger partial charge is 0.355 e. The first-order valence-corrected chi connectivity index (χ1v) is 10.1. The minimum absolute atomic E-state index is 0. The van der Waals surface area contributed by atoms with Crippen molar-refractivity contribution in [3.63, 3.8) is 0 Å². The number of hydrogen-bond donors (Lipinski definition) is 2. The second-order valence-electron chi connectivity index (χ2n) is 6.12. The first kappa shape index (κ1) is 24.3. The molecule has 154 valence electrons. The van der Waals surface area contributed by atoms with Gasteiger partial charge in [-0.15, -0.1) is 24.0 Å². The fraction of sp³-hybridized carbons (Fsp3) is 0.316. The molecular formula is C19H24F2IN3O2S. The Kier molecular flexibility index (Phi) is 9.28. The van der Waals surface area contributed by atoms with E-state index in [1.807, 2.05) is 13.0 Å². The lowest BCUT2D eigenvalue weighted by molar-refractivity contribution is 0.566. The number of aryl methyl sites for hydroxylation is 1. The van der Waals surface area contributed by atoms with Crippen LogP contribution in [-0.2, 0) is 9.84 Å². The molecule has 0 saturated heterocycles. The van der Waals surface area contributed by atoms with Crippen molar-refractivity contribution in [3.05, 3.63) is 65.2 Å². The predicted octanol–water partition coefficient (Wildman–Crippen LogP) is 3.59. The molecule has 2 aromatic rings. The highest BCUT2D eigenvalue weighted by molar-refractivity contribution is 14.0. The zero-order valence-corrected chi connectivity index (χ0v) is 19.0. The summed E-state index contributed by atoms with van der Waals surface area (Å²) in [4.78, 5) is 3.71. The fourth-order valence-electron chi connectivity index (χ4n) is 2.47. The third-order valence-electron chi connectivity index (χ3n) is 4.11. The van der Waals surface area contributed by atoms with Gasteiger partial charge in [-0.2, -0.15) is 0 Å². The Morgan fingerprint density at radius 3 is 2.43 bits per heavy atom. The Hall–Kier alpha value is -1.75. The maximum Gasteiger partial charge on any atom is 0.191 e. The van der Waals surface area contributed by atoms with E-state index in [0.717, 1.165) is 11.6 Å². The Morgan fingerprint density at radius 1 is 1.14 bits per heavy atom. The van der Waals surface area contributed by atoms with Gasteiger partial charge in [0.2, 0.25) is 0 Å². The molecule has 0 amide bonds. The first-order chi connectivity index (χ1) is 12.7. The van der Waals surface area contributed by atoms with Crippen LogP contribution in [0.2, 0.25) is 0 Å². The van der Waals surface area contributed by atoms with Gasteiger partial charge in [-0.3, -0.25) is 4.99 Å². The molecule has 5 nitrogen and oxygen atoms in total. The van der Waals surface area contributed by atoms with E-state index in [1.165, 1.54) is 24.3 Å². The van der Waals surface area contributed by atoms with Gasteiger partial charge in [-0.1, -0.05) is 24.3 Å². The average Bonchev–Trinajstić information content (AvgIpc) is 2.63. The quantitative estimate of drug-likeness (QED) is 0.345. The van der Waals surface area contributed by atoms with Crippen LogP contribution in [0, 0.1) is 18.6 Å². The highest BCUT2D eigenvalue weighted by Crippen LogP contribution is 2.16. The molecule has 0 saturated carbocycles. The molecule has 0 radical (unpaired) electrons. The van der Waals surface area contributed by atoms with E-state index in [0.29, 0.717) is 11.5 Å². The molecule has 9 heteroatoms. The monoisotopic (exact) mass is 523 g/mol. The third-order valence-corrected chi connectivity index (χ3v) is 5.85. The lowest BCUT2D eigenvalue weighted by Crippen LogP contribution is -2.40. The minimum Gasteiger partial charge on any atom is -0.355 e. The summed E-state index contributed by atoms with van der Waals surface area (Å²) in [6.45, 7) is 3.58. The molecule has 2 rings (SSSR count). The van der Waals surface area contributed by atoms with Crippen molar-refractivity contribution in [2.45, 2.75) is 24.8 Å². The van der Waals surface area contributed by atoms with E-state index in [-0.39, 0.29) is 53.0 Å². The van der Waals surface area contributed by atoms with Gasteiger partial charge in [0.15, 0.2) is 15.8 Å². The Labute approximate surface area is 181 Å². The first-order valence-electron chi connectivity index (χ1n) is 8.45. The van der Waals surface area contributed by atoms with Crippen molar-refractivity contribution in [2.75, 3.05) is 19.3 Å². The van der Waals surface area contributed by atoms with Crippen LogP contribution in [0.3, 0.4) is 0 Å². The van der Waals surface area contributed by atoms with Crippen molar-refractivity contribution < 1.29 is 17.2 Å². The van der Waals surface area contributed by atoms with E-state index in [4.69, 9.17) is 0 Å². The Morgan fingerprint density at radius 2 is 1.82 bits per heavy atom. The van der Waals surface area contributed by atoms with E-state index < -0.39 is 15.7 Å². The van der Waals surface area contributed by atoms with Crippen molar-refractivity contribution in [2.24, 2.45) is 4.99 Å².